The summed E-state index contributed by atoms with van der Waals surface area (Å²) in [6, 6.07) is 10.2. The first-order chi connectivity index (χ1) is 12.1. The zero-order valence-electron chi connectivity index (χ0n) is 14.3. The quantitative estimate of drug-likeness (QED) is 0.870. The Kier molecular flexibility index (Phi) is 4.83. The molecule has 0 aromatic heterocycles. The molecule has 132 valence electrons. The van der Waals surface area contributed by atoms with Crippen molar-refractivity contribution in [3.8, 4) is 23.0 Å². The molecule has 0 bridgehead atoms. The number of benzene rings is 2. The van der Waals surface area contributed by atoms with E-state index in [0.29, 0.717) is 28.7 Å². The molecule has 2 N–H and O–H groups in total. The van der Waals surface area contributed by atoms with Crippen LogP contribution in [0.1, 0.15) is 18.5 Å². The number of ether oxygens (including phenoxy) is 4. The molecule has 7 nitrogen and oxygen atoms in total. The van der Waals surface area contributed by atoms with Crippen LogP contribution in [0.2, 0.25) is 0 Å². The molecule has 0 saturated carbocycles. The molecule has 7 heteroatoms. The van der Waals surface area contributed by atoms with Crippen molar-refractivity contribution in [2.45, 2.75) is 13.0 Å². The predicted molar refractivity (Wildman–Crippen MR) is 92.7 cm³/mol. The molecule has 25 heavy (non-hydrogen) atoms. The van der Waals surface area contributed by atoms with Gasteiger partial charge < -0.3 is 29.6 Å². The summed E-state index contributed by atoms with van der Waals surface area (Å²) in [5, 5.41) is 5.66. The third-order valence-corrected chi connectivity index (χ3v) is 3.89. The lowest BCUT2D eigenvalue weighted by molar-refractivity contribution is 0.174. The Labute approximate surface area is 145 Å². The standard InChI is InChI=1S/C18H20N2O5/c1-11(12-4-6-14(22-2)16(8-12)23-3)19-18(21)20-13-5-7-15-17(9-13)25-10-24-15/h4-9,11H,10H2,1-3H3,(H2,19,20,21)/t11-/m1/s1. The minimum absolute atomic E-state index is 0.196. The van der Waals surface area contributed by atoms with Crippen LogP contribution in [0.3, 0.4) is 0 Å². The first kappa shape index (κ1) is 16.8. The summed E-state index contributed by atoms with van der Waals surface area (Å²) in [7, 11) is 3.16. The average molecular weight is 344 g/mol. The van der Waals surface area contributed by atoms with Crippen LogP contribution in [0.5, 0.6) is 23.0 Å². The third kappa shape index (κ3) is 3.71. The van der Waals surface area contributed by atoms with Crippen LogP contribution in [-0.2, 0) is 0 Å². The summed E-state index contributed by atoms with van der Waals surface area (Å²) in [5.41, 5.74) is 1.53. The van der Waals surface area contributed by atoms with Crippen LogP contribution < -0.4 is 29.6 Å². The number of urea groups is 1. The maximum Gasteiger partial charge on any atom is 0.319 e. The minimum atomic E-state index is -0.318. The highest BCUT2D eigenvalue weighted by molar-refractivity contribution is 5.90. The second-order valence-electron chi connectivity index (χ2n) is 5.50. The molecule has 2 aromatic rings. The van der Waals surface area contributed by atoms with Crippen molar-refractivity contribution in [3.05, 3.63) is 42.0 Å². The zero-order chi connectivity index (χ0) is 17.8. The normalized spacial score (nSPS) is 13.1. The third-order valence-electron chi connectivity index (χ3n) is 3.89. The SMILES string of the molecule is COc1ccc([C@@H](C)NC(=O)Nc2ccc3c(c2)OCO3)cc1OC. The lowest BCUT2D eigenvalue weighted by atomic mass is 10.1. The fourth-order valence-electron chi connectivity index (χ4n) is 2.54. The molecule has 2 amide bonds. The van der Waals surface area contributed by atoms with Crippen molar-refractivity contribution in [2.24, 2.45) is 0 Å². The number of nitrogens with one attached hydrogen (secondary N) is 2. The second-order valence-corrected chi connectivity index (χ2v) is 5.50. The highest BCUT2D eigenvalue weighted by atomic mass is 16.7. The molecule has 0 fully saturated rings. The Morgan fingerprint density at radius 3 is 2.56 bits per heavy atom. The second kappa shape index (κ2) is 7.21. The molecule has 2 aromatic carbocycles. The molecule has 1 aliphatic heterocycles. The Morgan fingerprint density at radius 2 is 1.80 bits per heavy atom. The van der Waals surface area contributed by atoms with E-state index in [1.807, 2.05) is 25.1 Å². The number of fused-ring (bicyclic) bond motifs is 1. The Morgan fingerprint density at radius 1 is 1.04 bits per heavy atom. The maximum absolute atomic E-state index is 12.2. The van der Waals surface area contributed by atoms with Crippen molar-refractivity contribution in [1.29, 1.82) is 0 Å². The number of methoxy groups -OCH3 is 2. The lowest BCUT2D eigenvalue weighted by Crippen LogP contribution is -2.31. The average Bonchev–Trinajstić information content (AvgIpc) is 3.08. The van der Waals surface area contributed by atoms with Gasteiger partial charge in [-0.05, 0) is 36.8 Å². The number of hydrogen-bond acceptors (Lipinski definition) is 5. The molecule has 3 rings (SSSR count). The number of hydrogen-bond donors (Lipinski definition) is 2. The van der Waals surface area contributed by atoms with Gasteiger partial charge in [-0.3, -0.25) is 0 Å². The summed E-state index contributed by atoms with van der Waals surface area (Å²) < 4.78 is 21.1. The van der Waals surface area contributed by atoms with Crippen molar-refractivity contribution >= 4 is 11.7 Å². The monoisotopic (exact) mass is 344 g/mol. The van der Waals surface area contributed by atoms with Gasteiger partial charge in [0.1, 0.15) is 0 Å². The van der Waals surface area contributed by atoms with Crippen LogP contribution in [0.15, 0.2) is 36.4 Å². The van der Waals surface area contributed by atoms with Crippen molar-refractivity contribution in [1.82, 2.24) is 5.32 Å². The van der Waals surface area contributed by atoms with E-state index in [9.17, 15) is 4.79 Å². The molecule has 0 aliphatic carbocycles. The topological polar surface area (TPSA) is 78.1 Å². The van der Waals surface area contributed by atoms with E-state index in [-0.39, 0.29) is 18.9 Å². The smallest absolute Gasteiger partial charge is 0.319 e. The van der Waals surface area contributed by atoms with Gasteiger partial charge in [-0.25, -0.2) is 4.79 Å². The minimum Gasteiger partial charge on any atom is -0.493 e. The molecule has 1 atom stereocenters. The van der Waals surface area contributed by atoms with Gasteiger partial charge >= 0.3 is 6.03 Å². The van der Waals surface area contributed by atoms with Crippen LogP contribution >= 0.6 is 0 Å². The molecule has 0 unspecified atom stereocenters. The first-order valence-electron chi connectivity index (χ1n) is 7.80. The van der Waals surface area contributed by atoms with Gasteiger partial charge in [-0.15, -0.1) is 0 Å². The molecule has 1 heterocycles. The van der Waals surface area contributed by atoms with E-state index in [2.05, 4.69) is 10.6 Å². The highest BCUT2D eigenvalue weighted by Gasteiger charge is 2.16. The van der Waals surface area contributed by atoms with Crippen molar-refractivity contribution in [3.63, 3.8) is 0 Å². The number of rotatable bonds is 5. The first-order valence-corrected chi connectivity index (χ1v) is 7.80. The van der Waals surface area contributed by atoms with E-state index in [4.69, 9.17) is 18.9 Å². The number of amides is 2. The summed E-state index contributed by atoms with van der Waals surface area (Å²) in [5.74, 6) is 2.54. The van der Waals surface area contributed by atoms with Gasteiger partial charge in [0.2, 0.25) is 6.79 Å². The fraction of sp³-hybridized carbons (Fsp3) is 0.278. The molecular weight excluding hydrogens is 324 g/mol. The Balaban J connectivity index is 1.64. The van der Waals surface area contributed by atoms with Crippen LogP contribution in [0, 0.1) is 0 Å². The van der Waals surface area contributed by atoms with Gasteiger partial charge in [-0.2, -0.15) is 0 Å². The maximum atomic E-state index is 12.2. The lowest BCUT2D eigenvalue weighted by Gasteiger charge is -2.17. The van der Waals surface area contributed by atoms with Crippen LogP contribution in [0.25, 0.3) is 0 Å². The van der Waals surface area contributed by atoms with Crippen molar-refractivity contribution < 1.29 is 23.7 Å². The highest BCUT2D eigenvalue weighted by Crippen LogP contribution is 2.34. The van der Waals surface area contributed by atoms with Crippen LogP contribution in [-0.4, -0.2) is 27.0 Å². The van der Waals surface area contributed by atoms with E-state index >= 15 is 0 Å². The summed E-state index contributed by atoms with van der Waals surface area (Å²) >= 11 is 0. The Hall–Kier alpha value is -3.09. The van der Waals surface area contributed by atoms with Gasteiger partial charge in [0.15, 0.2) is 23.0 Å². The molecule has 0 spiro atoms. The fourth-order valence-corrected chi connectivity index (χ4v) is 2.54. The largest absolute Gasteiger partial charge is 0.493 e. The van der Waals surface area contributed by atoms with Gasteiger partial charge in [0.05, 0.1) is 20.3 Å². The molecule has 0 saturated heterocycles. The van der Waals surface area contributed by atoms with E-state index < -0.39 is 0 Å². The summed E-state index contributed by atoms with van der Waals surface area (Å²) in [6.45, 7) is 2.09. The van der Waals surface area contributed by atoms with Crippen molar-refractivity contribution in [2.75, 3.05) is 26.3 Å². The zero-order valence-corrected chi connectivity index (χ0v) is 14.3. The van der Waals surface area contributed by atoms with E-state index in [1.54, 1.807) is 32.4 Å². The Bertz CT molecular complexity index is 778. The van der Waals surface area contributed by atoms with Crippen LogP contribution in [0.4, 0.5) is 10.5 Å². The number of anilines is 1. The van der Waals surface area contributed by atoms with Gasteiger partial charge in [0.25, 0.3) is 0 Å². The molecule has 0 radical (unpaired) electrons. The molecular formula is C18H20N2O5. The summed E-state index contributed by atoms with van der Waals surface area (Å²) in [6.07, 6.45) is 0. The predicted octanol–water partition coefficient (Wildman–Crippen LogP) is 3.32. The van der Waals surface area contributed by atoms with E-state index in [1.165, 1.54) is 0 Å². The van der Waals surface area contributed by atoms with E-state index in [0.717, 1.165) is 5.56 Å². The van der Waals surface area contributed by atoms with Gasteiger partial charge in [-0.1, -0.05) is 6.07 Å². The molecule has 1 aliphatic rings. The number of carbonyl (C=O) groups excluding carboxylic acids is 1. The number of carbonyl (C=O) groups is 1. The summed E-state index contributed by atoms with van der Waals surface area (Å²) in [4.78, 5) is 12.2. The van der Waals surface area contributed by atoms with Gasteiger partial charge in [0, 0.05) is 11.8 Å².